The van der Waals surface area contributed by atoms with Crippen LogP contribution in [0.5, 0.6) is 0 Å². The van der Waals surface area contributed by atoms with Crippen molar-refractivity contribution in [3.63, 3.8) is 0 Å². The number of anilines is 1. The summed E-state index contributed by atoms with van der Waals surface area (Å²) in [5.74, 6) is -0.870. The van der Waals surface area contributed by atoms with Gasteiger partial charge in [0.25, 0.3) is 0 Å². The monoisotopic (exact) mass is 236 g/mol. The molecule has 0 aromatic heterocycles. The lowest BCUT2D eigenvalue weighted by atomic mass is 10.1. The Kier molecular flexibility index (Phi) is 4.33. The Labute approximate surface area is 100 Å². The largest absolute Gasteiger partial charge is 0.325 e. The predicted octanol–water partition coefficient (Wildman–Crippen LogP) is 3.14. The Morgan fingerprint density at radius 3 is 2.81 bits per heavy atom. The van der Waals surface area contributed by atoms with E-state index in [4.69, 9.17) is 16.9 Å². The molecule has 0 fully saturated rings. The Morgan fingerprint density at radius 1 is 1.62 bits per heavy atom. The highest BCUT2D eigenvalue weighted by Gasteiger charge is 2.15. The van der Waals surface area contributed by atoms with Crippen LogP contribution in [0.1, 0.15) is 18.9 Å². The van der Waals surface area contributed by atoms with E-state index in [1.807, 2.05) is 19.9 Å². The number of halogens is 1. The molecule has 3 nitrogen and oxygen atoms in total. The highest BCUT2D eigenvalue weighted by Crippen LogP contribution is 2.20. The number of hydrogen-bond donors (Lipinski definition) is 1. The molecule has 84 valence electrons. The molecule has 1 aromatic carbocycles. The molecule has 1 aromatic rings. The minimum atomic E-state index is -0.602. The molecule has 1 unspecified atom stereocenters. The van der Waals surface area contributed by atoms with Crippen LogP contribution in [0.3, 0.4) is 0 Å². The van der Waals surface area contributed by atoms with E-state index in [1.54, 1.807) is 18.2 Å². The van der Waals surface area contributed by atoms with Crippen LogP contribution < -0.4 is 5.32 Å². The van der Waals surface area contributed by atoms with Gasteiger partial charge in [0.2, 0.25) is 5.91 Å². The molecule has 0 radical (unpaired) electrons. The Hall–Kier alpha value is -1.53. The molecule has 0 bridgehead atoms. The number of nitrogens with zero attached hydrogens (tertiary/aromatic N) is 1. The van der Waals surface area contributed by atoms with Crippen molar-refractivity contribution >= 4 is 23.2 Å². The maximum atomic E-state index is 11.6. The van der Waals surface area contributed by atoms with Crippen molar-refractivity contribution in [3.05, 3.63) is 28.8 Å². The topological polar surface area (TPSA) is 52.9 Å². The second-order valence-electron chi connectivity index (χ2n) is 3.54. The number of carbonyl (C=O) groups excluding carboxylic acids is 1. The summed E-state index contributed by atoms with van der Waals surface area (Å²) in [6.07, 6.45) is 0.509. The molecule has 0 aliphatic heterocycles. The van der Waals surface area contributed by atoms with Gasteiger partial charge < -0.3 is 5.32 Å². The van der Waals surface area contributed by atoms with Crippen molar-refractivity contribution in [1.82, 2.24) is 0 Å². The molecule has 0 aliphatic carbocycles. The average Bonchev–Trinajstić information content (AvgIpc) is 2.24. The van der Waals surface area contributed by atoms with Crippen LogP contribution in [-0.4, -0.2) is 5.91 Å². The van der Waals surface area contributed by atoms with Gasteiger partial charge in [-0.1, -0.05) is 18.5 Å². The predicted molar refractivity (Wildman–Crippen MR) is 64.2 cm³/mol. The molecule has 0 aliphatic rings. The summed E-state index contributed by atoms with van der Waals surface area (Å²) in [6.45, 7) is 3.66. The van der Waals surface area contributed by atoms with Crippen LogP contribution in [0.2, 0.25) is 5.02 Å². The Morgan fingerprint density at radius 2 is 2.31 bits per heavy atom. The van der Waals surface area contributed by atoms with E-state index in [0.29, 0.717) is 17.1 Å². The molecule has 0 saturated carbocycles. The van der Waals surface area contributed by atoms with Gasteiger partial charge in [-0.2, -0.15) is 5.26 Å². The van der Waals surface area contributed by atoms with Gasteiger partial charge in [-0.05, 0) is 37.1 Å². The van der Waals surface area contributed by atoms with Gasteiger partial charge in [0.15, 0.2) is 0 Å². The van der Waals surface area contributed by atoms with E-state index in [9.17, 15) is 4.79 Å². The first-order chi connectivity index (χ1) is 7.58. The van der Waals surface area contributed by atoms with Crippen LogP contribution in [-0.2, 0) is 4.79 Å². The molecule has 1 atom stereocenters. The highest BCUT2D eigenvalue weighted by molar-refractivity contribution is 6.30. The molecular weight excluding hydrogens is 224 g/mol. The molecule has 1 rings (SSSR count). The Bertz CT molecular complexity index is 437. The van der Waals surface area contributed by atoms with E-state index >= 15 is 0 Å². The Balaban J connectivity index is 2.81. The van der Waals surface area contributed by atoms with E-state index in [2.05, 4.69) is 5.32 Å². The molecule has 4 heteroatoms. The SMILES string of the molecule is CCC(C#N)C(=O)Nc1ccc(Cl)cc1C. The lowest BCUT2D eigenvalue weighted by Crippen LogP contribution is -2.21. The molecule has 0 spiro atoms. The minimum absolute atomic E-state index is 0.268. The first-order valence-corrected chi connectivity index (χ1v) is 5.43. The zero-order valence-electron chi connectivity index (χ0n) is 9.25. The zero-order valence-corrected chi connectivity index (χ0v) is 10.0. The number of amides is 1. The second-order valence-corrected chi connectivity index (χ2v) is 3.97. The molecule has 0 heterocycles. The average molecular weight is 237 g/mol. The molecule has 16 heavy (non-hydrogen) atoms. The van der Waals surface area contributed by atoms with Crippen LogP contribution in [0.15, 0.2) is 18.2 Å². The summed E-state index contributed by atoms with van der Waals surface area (Å²) >= 11 is 5.81. The fourth-order valence-corrected chi connectivity index (χ4v) is 1.55. The normalized spacial score (nSPS) is 11.6. The van der Waals surface area contributed by atoms with Gasteiger partial charge in [0.05, 0.1) is 6.07 Å². The van der Waals surface area contributed by atoms with E-state index in [-0.39, 0.29) is 5.91 Å². The van der Waals surface area contributed by atoms with Gasteiger partial charge in [-0.3, -0.25) is 4.79 Å². The summed E-state index contributed by atoms with van der Waals surface area (Å²) in [4.78, 5) is 11.6. The van der Waals surface area contributed by atoms with E-state index in [1.165, 1.54) is 0 Å². The van der Waals surface area contributed by atoms with E-state index < -0.39 is 5.92 Å². The number of benzene rings is 1. The van der Waals surface area contributed by atoms with Crippen molar-refractivity contribution in [2.24, 2.45) is 5.92 Å². The van der Waals surface area contributed by atoms with Crippen LogP contribution in [0.25, 0.3) is 0 Å². The first-order valence-electron chi connectivity index (χ1n) is 5.05. The molecular formula is C12H13ClN2O. The fraction of sp³-hybridized carbons (Fsp3) is 0.333. The van der Waals surface area contributed by atoms with Gasteiger partial charge in [0.1, 0.15) is 5.92 Å². The van der Waals surface area contributed by atoms with Gasteiger partial charge in [0, 0.05) is 10.7 Å². The number of aryl methyl sites for hydroxylation is 1. The molecule has 1 amide bonds. The number of rotatable bonds is 3. The molecule has 0 saturated heterocycles. The van der Waals surface area contributed by atoms with Crippen LogP contribution >= 0.6 is 11.6 Å². The lowest BCUT2D eigenvalue weighted by molar-refractivity contribution is -0.118. The van der Waals surface area contributed by atoms with Gasteiger partial charge in [-0.25, -0.2) is 0 Å². The van der Waals surface area contributed by atoms with Crippen LogP contribution in [0.4, 0.5) is 5.69 Å². The van der Waals surface area contributed by atoms with Crippen molar-refractivity contribution < 1.29 is 4.79 Å². The number of hydrogen-bond acceptors (Lipinski definition) is 2. The minimum Gasteiger partial charge on any atom is -0.325 e. The van der Waals surface area contributed by atoms with Gasteiger partial charge >= 0.3 is 0 Å². The van der Waals surface area contributed by atoms with E-state index in [0.717, 1.165) is 5.56 Å². The van der Waals surface area contributed by atoms with Gasteiger partial charge in [-0.15, -0.1) is 0 Å². The summed E-state index contributed by atoms with van der Waals surface area (Å²) in [5.41, 5.74) is 1.58. The third kappa shape index (κ3) is 2.98. The number of carbonyl (C=O) groups is 1. The summed E-state index contributed by atoms with van der Waals surface area (Å²) in [5, 5.41) is 12.1. The summed E-state index contributed by atoms with van der Waals surface area (Å²) in [6, 6.07) is 7.17. The molecule has 1 N–H and O–H groups in total. The maximum absolute atomic E-state index is 11.6. The summed E-state index contributed by atoms with van der Waals surface area (Å²) in [7, 11) is 0. The summed E-state index contributed by atoms with van der Waals surface area (Å²) < 4.78 is 0. The number of nitriles is 1. The second kappa shape index (κ2) is 5.53. The standard InChI is InChI=1S/C12H13ClN2O/c1-3-9(7-14)12(16)15-11-5-4-10(13)6-8(11)2/h4-6,9H,3H2,1-2H3,(H,15,16). The van der Waals surface area contributed by atoms with Crippen molar-refractivity contribution in [2.45, 2.75) is 20.3 Å². The van der Waals surface area contributed by atoms with Crippen molar-refractivity contribution in [3.8, 4) is 6.07 Å². The quantitative estimate of drug-likeness (QED) is 0.877. The maximum Gasteiger partial charge on any atom is 0.241 e. The third-order valence-corrected chi connectivity index (χ3v) is 2.56. The highest BCUT2D eigenvalue weighted by atomic mass is 35.5. The third-order valence-electron chi connectivity index (χ3n) is 2.33. The smallest absolute Gasteiger partial charge is 0.241 e. The van der Waals surface area contributed by atoms with Crippen LogP contribution in [0, 0.1) is 24.2 Å². The zero-order chi connectivity index (χ0) is 12.1. The first kappa shape index (κ1) is 12.5. The number of nitrogens with one attached hydrogen (secondary N) is 1. The van der Waals surface area contributed by atoms with Crippen molar-refractivity contribution in [2.75, 3.05) is 5.32 Å². The lowest BCUT2D eigenvalue weighted by Gasteiger charge is -2.10. The van der Waals surface area contributed by atoms with Crippen molar-refractivity contribution in [1.29, 1.82) is 5.26 Å². The fourth-order valence-electron chi connectivity index (χ4n) is 1.32.